The number of nitrogens with zero attached hydrogens (tertiary/aromatic N) is 1. The quantitative estimate of drug-likeness (QED) is 0.637. The summed E-state index contributed by atoms with van der Waals surface area (Å²) in [7, 11) is 1.74. The molecule has 1 aliphatic heterocycles. The van der Waals surface area contributed by atoms with Crippen molar-refractivity contribution in [1.29, 1.82) is 0 Å². The maximum atomic E-state index is 11.9. The third-order valence-electron chi connectivity index (χ3n) is 2.95. The van der Waals surface area contributed by atoms with Gasteiger partial charge in [0.2, 0.25) is 5.91 Å². The van der Waals surface area contributed by atoms with Crippen LogP contribution in [-0.4, -0.2) is 36.0 Å². The fourth-order valence-corrected chi connectivity index (χ4v) is 1.96. The van der Waals surface area contributed by atoms with Gasteiger partial charge in [-0.25, -0.2) is 9.69 Å². The summed E-state index contributed by atoms with van der Waals surface area (Å²) in [6.07, 6.45) is 0.0585. The first kappa shape index (κ1) is 13.0. The first-order chi connectivity index (χ1) is 8.95. The molecule has 0 bridgehead atoms. The number of carboxylic acids is 1. The number of carboxylic acid groups (broad SMARTS) is 1. The average molecular weight is 263 g/mol. The second-order valence-electron chi connectivity index (χ2n) is 4.15. The van der Waals surface area contributed by atoms with Gasteiger partial charge in [-0.15, -0.1) is 0 Å². The smallest absolute Gasteiger partial charge is 0.330 e. The van der Waals surface area contributed by atoms with Crippen LogP contribution in [0.25, 0.3) is 0 Å². The predicted molar refractivity (Wildman–Crippen MR) is 67.8 cm³/mol. The van der Waals surface area contributed by atoms with Gasteiger partial charge in [-0.05, 0) is 23.8 Å². The molecule has 0 saturated heterocycles. The Bertz CT molecular complexity index is 570. The van der Waals surface area contributed by atoms with E-state index < -0.39 is 23.8 Å². The minimum atomic E-state index is -1.74. The molecule has 1 aliphatic rings. The van der Waals surface area contributed by atoms with Crippen LogP contribution in [0.4, 0.5) is 11.4 Å². The normalized spacial score (nSPS) is 15.1. The van der Waals surface area contributed by atoms with Gasteiger partial charge < -0.3 is 16.2 Å². The van der Waals surface area contributed by atoms with Crippen LogP contribution in [0.15, 0.2) is 18.2 Å². The molecule has 1 heterocycles. The molecular formula is C12H13N3O4. The SMILES string of the molecule is CNc1ccc2c(c1)CC(=O)N2C(=O)C(N)C(=O)O. The first-order valence-corrected chi connectivity index (χ1v) is 5.61. The molecule has 0 radical (unpaired) electrons. The van der Waals surface area contributed by atoms with Gasteiger partial charge in [0.15, 0.2) is 6.04 Å². The van der Waals surface area contributed by atoms with E-state index in [-0.39, 0.29) is 6.42 Å². The monoisotopic (exact) mass is 263 g/mol. The molecule has 1 unspecified atom stereocenters. The molecule has 1 aromatic rings. The summed E-state index contributed by atoms with van der Waals surface area (Å²) in [6.45, 7) is 0. The Morgan fingerprint density at radius 1 is 1.47 bits per heavy atom. The largest absolute Gasteiger partial charge is 0.480 e. The zero-order chi connectivity index (χ0) is 14.2. The van der Waals surface area contributed by atoms with E-state index in [1.807, 2.05) is 0 Å². The highest BCUT2D eigenvalue weighted by Gasteiger charge is 2.37. The Morgan fingerprint density at radius 3 is 2.74 bits per heavy atom. The molecule has 1 aromatic carbocycles. The number of fused-ring (bicyclic) bond motifs is 1. The number of anilines is 2. The van der Waals surface area contributed by atoms with E-state index in [0.717, 1.165) is 10.6 Å². The number of amides is 2. The van der Waals surface area contributed by atoms with E-state index >= 15 is 0 Å². The van der Waals surface area contributed by atoms with Gasteiger partial charge in [-0.2, -0.15) is 0 Å². The van der Waals surface area contributed by atoms with E-state index in [4.69, 9.17) is 10.8 Å². The average Bonchev–Trinajstić information content (AvgIpc) is 2.71. The van der Waals surface area contributed by atoms with Crippen LogP contribution in [0.1, 0.15) is 5.56 Å². The molecule has 1 atom stereocenters. The zero-order valence-corrected chi connectivity index (χ0v) is 10.2. The van der Waals surface area contributed by atoms with Gasteiger partial charge in [-0.3, -0.25) is 9.59 Å². The van der Waals surface area contributed by atoms with Crippen molar-refractivity contribution < 1.29 is 19.5 Å². The zero-order valence-electron chi connectivity index (χ0n) is 10.2. The molecular weight excluding hydrogens is 250 g/mol. The van der Waals surface area contributed by atoms with Crippen LogP contribution in [-0.2, 0) is 20.8 Å². The van der Waals surface area contributed by atoms with Gasteiger partial charge >= 0.3 is 5.97 Å². The number of imide groups is 1. The van der Waals surface area contributed by atoms with Crippen molar-refractivity contribution in [3.05, 3.63) is 23.8 Å². The standard InChI is InChI=1S/C12H13N3O4/c1-14-7-2-3-8-6(4-7)5-9(16)15(8)11(17)10(13)12(18)19/h2-4,10,14H,5,13H2,1H3,(H,18,19). The molecule has 19 heavy (non-hydrogen) atoms. The highest BCUT2D eigenvalue weighted by Crippen LogP contribution is 2.31. The molecule has 2 amide bonds. The number of aliphatic carboxylic acids is 1. The number of nitrogens with two attached hydrogens (primary N) is 1. The van der Waals surface area contributed by atoms with E-state index in [9.17, 15) is 14.4 Å². The Morgan fingerprint density at radius 2 is 2.16 bits per heavy atom. The van der Waals surface area contributed by atoms with Crippen LogP contribution in [0.5, 0.6) is 0 Å². The van der Waals surface area contributed by atoms with Crippen LogP contribution >= 0.6 is 0 Å². The lowest BCUT2D eigenvalue weighted by molar-refractivity contribution is -0.142. The number of benzene rings is 1. The maximum Gasteiger partial charge on any atom is 0.330 e. The van der Waals surface area contributed by atoms with Crippen LogP contribution < -0.4 is 16.0 Å². The summed E-state index contributed by atoms with van der Waals surface area (Å²) in [5.74, 6) is -2.85. The van der Waals surface area contributed by atoms with Crippen molar-refractivity contribution in [3.63, 3.8) is 0 Å². The Kier molecular flexibility index (Phi) is 3.22. The molecule has 7 heteroatoms. The van der Waals surface area contributed by atoms with E-state index in [0.29, 0.717) is 11.3 Å². The lowest BCUT2D eigenvalue weighted by Crippen LogP contribution is -2.49. The molecule has 0 aromatic heterocycles. The number of rotatable bonds is 3. The van der Waals surface area contributed by atoms with Crippen LogP contribution in [0.2, 0.25) is 0 Å². The molecule has 100 valence electrons. The molecule has 0 spiro atoms. The molecule has 7 nitrogen and oxygen atoms in total. The van der Waals surface area contributed by atoms with Crippen molar-refractivity contribution in [3.8, 4) is 0 Å². The summed E-state index contributed by atoms with van der Waals surface area (Å²) in [4.78, 5) is 35.3. The van der Waals surface area contributed by atoms with Crippen LogP contribution in [0.3, 0.4) is 0 Å². The third-order valence-corrected chi connectivity index (χ3v) is 2.95. The Labute approximate surface area is 109 Å². The second kappa shape index (κ2) is 4.69. The predicted octanol–water partition coefficient (Wildman–Crippen LogP) is -0.444. The van der Waals surface area contributed by atoms with Gasteiger partial charge in [0.1, 0.15) is 0 Å². The summed E-state index contributed by atoms with van der Waals surface area (Å²) in [6, 6.07) is 3.30. The fraction of sp³-hybridized carbons (Fsp3) is 0.250. The van der Waals surface area contributed by atoms with E-state index in [1.165, 1.54) is 0 Å². The number of carbonyl (C=O) groups is 3. The van der Waals surface area contributed by atoms with Gasteiger partial charge in [0.25, 0.3) is 5.91 Å². The van der Waals surface area contributed by atoms with Gasteiger partial charge in [0, 0.05) is 12.7 Å². The van der Waals surface area contributed by atoms with Crippen molar-refractivity contribution >= 4 is 29.2 Å². The lowest BCUT2D eigenvalue weighted by Gasteiger charge is -2.17. The number of nitrogens with one attached hydrogen (secondary N) is 1. The third kappa shape index (κ3) is 2.15. The van der Waals surface area contributed by atoms with Crippen molar-refractivity contribution in [2.75, 3.05) is 17.3 Å². The fourth-order valence-electron chi connectivity index (χ4n) is 1.96. The lowest BCUT2D eigenvalue weighted by atomic mass is 10.1. The highest BCUT2D eigenvalue weighted by atomic mass is 16.4. The molecule has 0 aliphatic carbocycles. The topological polar surface area (TPSA) is 113 Å². The van der Waals surface area contributed by atoms with Gasteiger partial charge in [0.05, 0.1) is 12.1 Å². The second-order valence-corrected chi connectivity index (χ2v) is 4.15. The van der Waals surface area contributed by atoms with Crippen molar-refractivity contribution in [1.82, 2.24) is 0 Å². The molecule has 0 fully saturated rings. The van der Waals surface area contributed by atoms with Crippen molar-refractivity contribution in [2.24, 2.45) is 5.73 Å². The van der Waals surface area contributed by atoms with E-state index in [1.54, 1.807) is 25.2 Å². The summed E-state index contributed by atoms with van der Waals surface area (Å²) >= 11 is 0. The molecule has 2 rings (SSSR count). The summed E-state index contributed by atoms with van der Waals surface area (Å²) in [5.41, 5.74) is 7.13. The Hall–Kier alpha value is -2.41. The first-order valence-electron chi connectivity index (χ1n) is 5.61. The minimum Gasteiger partial charge on any atom is -0.480 e. The summed E-state index contributed by atoms with van der Waals surface area (Å²) in [5, 5.41) is 11.7. The van der Waals surface area contributed by atoms with Crippen molar-refractivity contribution in [2.45, 2.75) is 12.5 Å². The Balaban J connectivity index is 2.38. The van der Waals surface area contributed by atoms with Crippen LogP contribution in [0, 0.1) is 0 Å². The van der Waals surface area contributed by atoms with Gasteiger partial charge in [-0.1, -0.05) is 0 Å². The highest BCUT2D eigenvalue weighted by molar-refractivity contribution is 6.24. The molecule has 4 N–H and O–H groups in total. The summed E-state index contributed by atoms with van der Waals surface area (Å²) < 4.78 is 0. The van der Waals surface area contributed by atoms with E-state index in [2.05, 4.69) is 5.32 Å². The number of hydrogen-bond acceptors (Lipinski definition) is 5. The number of carbonyl (C=O) groups excluding carboxylic acids is 2. The minimum absolute atomic E-state index is 0.0585. The molecule has 0 saturated carbocycles. The number of hydrogen-bond donors (Lipinski definition) is 3. The maximum absolute atomic E-state index is 11.9.